The number of hydrogen-bond acceptors (Lipinski definition) is 6. The predicted molar refractivity (Wildman–Crippen MR) is 144 cm³/mol. The minimum Gasteiger partial charge on any atom is -0.478 e. The molecule has 4 heterocycles. The van der Waals surface area contributed by atoms with Crippen molar-refractivity contribution >= 4 is 23.1 Å². The summed E-state index contributed by atoms with van der Waals surface area (Å²) >= 11 is 0. The summed E-state index contributed by atoms with van der Waals surface area (Å²) in [5, 5.41) is 16.6. The number of carboxylic acid groups (broad SMARTS) is 1. The minimum absolute atomic E-state index is 0.135. The number of benzene rings is 1. The van der Waals surface area contributed by atoms with Gasteiger partial charge in [0.1, 0.15) is 11.5 Å². The molecule has 1 atom stereocenters. The number of anilines is 2. The Hall–Kier alpha value is -4.35. The van der Waals surface area contributed by atoms with E-state index in [1.54, 1.807) is 31.3 Å². The number of hydrogen-bond donors (Lipinski definition) is 2. The van der Waals surface area contributed by atoms with E-state index in [0.717, 1.165) is 17.2 Å². The highest BCUT2D eigenvalue weighted by molar-refractivity contribution is 5.94. The second-order valence-corrected chi connectivity index (χ2v) is 10.1. The molecule has 0 radical (unpaired) electrons. The number of carbonyl (C=O) groups is 1. The lowest BCUT2D eigenvalue weighted by atomic mass is 10.0. The molecule has 1 fully saturated rings. The van der Waals surface area contributed by atoms with Gasteiger partial charge in [0.2, 0.25) is 0 Å². The molecule has 12 heteroatoms. The van der Waals surface area contributed by atoms with Gasteiger partial charge in [-0.3, -0.25) is 13.9 Å². The van der Waals surface area contributed by atoms with Crippen LogP contribution in [0.2, 0.25) is 0 Å². The molecule has 1 aliphatic heterocycles. The minimum atomic E-state index is -4.49. The molecule has 0 aliphatic carbocycles. The van der Waals surface area contributed by atoms with Gasteiger partial charge in [0.25, 0.3) is 5.56 Å². The van der Waals surface area contributed by atoms with Gasteiger partial charge in [-0.05, 0) is 63.4 Å². The lowest BCUT2D eigenvalue weighted by molar-refractivity contribution is -0.141. The number of aromatic carboxylic acids is 1. The Kier molecular flexibility index (Phi) is 7.03. The average molecular weight is 555 g/mol. The number of alkyl halides is 3. The second-order valence-electron chi connectivity index (χ2n) is 10.1. The highest BCUT2D eigenvalue weighted by atomic mass is 19.4. The van der Waals surface area contributed by atoms with Crippen LogP contribution in [0.4, 0.5) is 24.7 Å². The quantitative estimate of drug-likeness (QED) is 0.336. The number of fused-ring (bicyclic) bond motifs is 1. The van der Waals surface area contributed by atoms with Crippen molar-refractivity contribution in [3.8, 4) is 0 Å². The van der Waals surface area contributed by atoms with Crippen LogP contribution < -0.4 is 15.8 Å². The number of nitrogens with zero attached hydrogens (tertiary/aromatic N) is 5. The van der Waals surface area contributed by atoms with Gasteiger partial charge in [-0.1, -0.05) is 12.1 Å². The topological polar surface area (TPSA) is 105 Å². The van der Waals surface area contributed by atoms with E-state index in [0.29, 0.717) is 48.6 Å². The Morgan fingerprint density at radius 1 is 1.15 bits per heavy atom. The van der Waals surface area contributed by atoms with Crippen LogP contribution in [0.1, 0.15) is 64.6 Å². The fourth-order valence-corrected chi connectivity index (χ4v) is 5.25. The lowest BCUT2D eigenvalue weighted by Gasteiger charge is -2.34. The molecule has 0 saturated carbocycles. The van der Waals surface area contributed by atoms with E-state index < -0.39 is 17.8 Å². The van der Waals surface area contributed by atoms with Gasteiger partial charge < -0.3 is 15.3 Å². The van der Waals surface area contributed by atoms with Crippen molar-refractivity contribution in [1.82, 2.24) is 19.2 Å². The number of piperidine rings is 1. The van der Waals surface area contributed by atoms with E-state index in [4.69, 9.17) is 4.98 Å². The summed E-state index contributed by atoms with van der Waals surface area (Å²) in [6.45, 7) is 6.47. The third-order valence-corrected chi connectivity index (χ3v) is 7.32. The van der Waals surface area contributed by atoms with Crippen LogP contribution in [-0.4, -0.2) is 43.3 Å². The van der Waals surface area contributed by atoms with Crippen LogP contribution in [0.25, 0.3) is 5.65 Å². The molecule has 5 rings (SSSR count). The van der Waals surface area contributed by atoms with Gasteiger partial charge in [-0.2, -0.15) is 18.3 Å². The molecule has 1 aliphatic rings. The fraction of sp³-hybridized carbons (Fsp3) is 0.357. The zero-order valence-corrected chi connectivity index (χ0v) is 22.2. The number of halogens is 3. The van der Waals surface area contributed by atoms with Crippen molar-refractivity contribution in [3.63, 3.8) is 0 Å². The van der Waals surface area contributed by atoms with Gasteiger partial charge >= 0.3 is 12.1 Å². The molecule has 1 aromatic carbocycles. The molecular weight excluding hydrogens is 525 g/mol. The first-order valence-corrected chi connectivity index (χ1v) is 12.9. The first-order valence-electron chi connectivity index (χ1n) is 12.9. The number of para-hydroxylation sites is 1. The summed E-state index contributed by atoms with van der Waals surface area (Å²) in [4.78, 5) is 32.1. The van der Waals surface area contributed by atoms with Crippen molar-refractivity contribution in [2.24, 2.45) is 0 Å². The lowest BCUT2D eigenvalue weighted by Crippen LogP contribution is -2.37. The van der Waals surface area contributed by atoms with Crippen molar-refractivity contribution < 1.29 is 23.1 Å². The summed E-state index contributed by atoms with van der Waals surface area (Å²) in [5.41, 5.74) is 1.96. The van der Waals surface area contributed by atoms with E-state index in [1.807, 2.05) is 24.8 Å². The molecule has 40 heavy (non-hydrogen) atoms. The Morgan fingerprint density at radius 2 is 1.85 bits per heavy atom. The van der Waals surface area contributed by atoms with Crippen molar-refractivity contribution in [1.29, 1.82) is 0 Å². The van der Waals surface area contributed by atoms with Gasteiger partial charge in [0, 0.05) is 36.7 Å². The Labute approximate surface area is 227 Å². The van der Waals surface area contributed by atoms with Crippen LogP contribution in [0.15, 0.2) is 53.6 Å². The molecular formula is C28H29F3N6O3. The van der Waals surface area contributed by atoms with Crippen LogP contribution in [0, 0.1) is 13.8 Å². The van der Waals surface area contributed by atoms with E-state index in [-0.39, 0.29) is 23.2 Å². The summed E-state index contributed by atoms with van der Waals surface area (Å²) in [7, 11) is 0. The molecule has 0 bridgehead atoms. The van der Waals surface area contributed by atoms with Gasteiger partial charge in [-0.25, -0.2) is 9.78 Å². The second kappa shape index (κ2) is 10.3. The fourth-order valence-electron chi connectivity index (χ4n) is 5.25. The third-order valence-electron chi connectivity index (χ3n) is 7.32. The number of aryl methyl sites for hydroxylation is 1. The highest BCUT2D eigenvalue weighted by Crippen LogP contribution is 2.32. The van der Waals surface area contributed by atoms with Crippen molar-refractivity contribution in [2.75, 3.05) is 23.3 Å². The monoisotopic (exact) mass is 554 g/mol. The first kappa shape index (κ1) is 27.2. The van der Waals surface area contributed by atoms with Gasteiger partial charge in [0.15, 0.2) is 5.69 Å². The number of aromatic nitrogens is 4. The predicted octanol–water partition coefficient (Wildman–Crippen LogP) is 5.24. The molecule has 3 aromatic heterocycles. The van der Waals surface area contributed by atoms with Crippen LogP contribution in [0.3, 0.4) is 0 Å². The SMILES string of the molecule is Cc1cc(C(C)Nc2ccccc2C(=O)O)c2nc(N3CCC(n4ccc(C(F)(F)F)n4)CC3)c(C)c(=O)n2c1. The molecule has 1 unspecified atom stereocenters. The van der Waals surface area contributed by atoms with Crippen LogP contribution >= 0.6 is 0 Å². The summed E-state index contributed by atoms with van der Waals surface area (Å²) < 4.78 is 41.9. The van der Waals surface area contributed by atoms with Gasteiger partial charge in [0.05, 0.1) is 23.2 Å². The molecule has 0 spiro atoms. The molecule has 2 N–H and O–H groups in total. The molecule has 0 amide bonds. The van der Waals surface area contributed by atoms with Gasteiger partial charge in [-0.15, -0.1) is 0 Å². The Balaban J connectivity index is 1.45. The van der Waals surface area contributed by atoms with E-state index in [2.05, 4.69) is 10.4 Å². The summed E-state index contributed by atoms with van der Waals surface area (Å²) in [6, 6.07) is 8.94. The zero-order chi connectivity index (χ0) is 28.8. The number of rotatable bonds is 6. The first-order chi connectivity index (χ1) is 18.9. The average Bonchev–Trinajstić information content (AvgIpc) is 3.42. The van der Waals surface area contributed by atoms with Crippen LogP contribution in [0.5, 0.6) is 0 Å². The number of pyridine rings is 1. The third kappa shape index (κ3) is 5.13. The van der Waals surface area contributed by atoms with Crippen LogP contribution in [-0.2, 0) is 6.18 Å². The largest absolute Gasteiger partial charge is 0.478 e. The normalized spacial score (nSPS) is 15.4. The van der Waals surface area contributed by atoms with E-state index in [1.165, 1.54) is 21.3 Å². The summed E-state index contributed by atoms with van der Waals surface area (Å²) in [5.74, 6) is -0.520. The smallest absolute Gasteiger partial charge is 0.435 e. The maximum Gasteiger partial charge on any atom is 0.435 e. The zero-order valence-electron chi connectivity index (χ0n) is 22.2. The Bertz CT molecular complexity index is 1640. The van der Waals surface area contributed by atoms with Crippen molar-refractivity contribution in [2.45, 2.75) is 51.9 Å². The maximum absolute atomic E-state index is 13.5. The molecule has 4 aromatic rings. The molecule has 210 valence electrons. The number of carboxylic acids is 1. The van der Waals surface area contributed by atoms with E-state index >= 15 is 0 Å². The van der Waals surface area contributed by atoms with E-state index in [9.17, 15) is 27.9 Å². The number of nitrogens with one attached hydrogen (secondary N) is 1. The standard InChI is InChI=1S/C28H29F3N6O3/c1-16-14-21(18(3)32-22-7-5-4-6-20(22)27(39)40)25-33-24(17(2)26(38)36(25)15-16)35-11-8-19(9-12-35)37-13-10-23(34-37)28(29,30)31/h4-7,10,13-15,18-19,32H,8-9,11-12H2,1-3H3,(H,39,40). The Morgan fingerprint density at radius 3 is 2.50 bits per heavy atom. The summed E-state index contributed by atoms with van der Waals surface area (Å²) in [6.07, 6.45) is -0.308. The highest BCUT2D eigenvalue weighted by Gasteiger charge is 2.34. The van der Waals surface area contributed by atoms with Crippen molar-refractivity contribution in [3.05, 3.63) is 87.1 Å². The molecule has 9 nitrogen and oxygen atoms in total. The maximum atomic E-state index is 13.5. The molecule has 1 saturated heterocycles.